The molecule has 0 spiro atoms. The minimum Gasteiger partial charge on any atom is -0.460 e. The fourth-order valence-electron chi connectivity index (χ4n) is 2.31. The number of allylic oxidation sites excluding steroid dienone is 1. The molecule has 1 saturated carbocycles. The molecule has 0 amide bonds. The smallest absolute Gasteiger partial charge is 0.321 e. The molecular formula is C10H13ClO2. The second-order valence-electron chi connectivity index (χ2n) is 3.81. The molecule has 0 radical (unpaired) electrons. The van der Waals surface area contributed by atoms with Gasteiger partial charge in [0.25, 0.3) is 0 Å². The highest BCUT2D eigenvalue weighted by atomic mass is 35.5. The molecule has 0 N–H and O–H groups in total. The summed E-state index contributed by atoms with van der Waals surface area (Å²) in [6, 6.07) is 0. The van der Waals surface area contributed by atoms with E-state index in [1.807, 2.05) is 0 Å². The molecule has 0 aromatic rings. The van der Waals surface area contributed by atoms with Crippen LogP contribution < -0.4 is 0 Å². The predicted octanol–water partition coefficient (Wildman–Crippen LogP) is 2.12. The summed E-state index contributed by atoms with van der Waals surface area (Å²) < 4.78 is 4.99. The van der Waals surface area contributed by atoms with E-state index in [9.17, 15) is 4.79 Å². The summed E-state index contributed by atoms with van der Waals surface area (Å²) in [6.45, 7) is 0.465. The lowest BCUT2D eigenvalue weighted by atomic mass is 9.99. The number of ether oxygens (including phenoxy) is 1. The standard InChI is InChI=1S/C10H13ClO2/c11-5-10(12)13-6-9-4-7-1-2-8(9)3-7/h4,7-8H,1-3,5-6H2. The maximum Gasteiger partial charge on any atom is 0.321 e. The molecule has 3 heteroatoms. The summed E-state index contributed by atoms with van der Waals surface area (Å²) in [5.74, 6) is 1.09. The van der Waals surface area contributed by atoms with E-state index in [0.717, 1.165) is 5.92 Å². The van der Waals surface area contributed by atoms with Crippen molar-refractivity contribution in [2.24, 2.45) is 11.8 Å². The lowest BCUT2D eigenvalue weighted by molar-refractivity contribution is -0.139. The zero-order valence-corrected chi connectivity index (χ0v) is 8.22. The van der Waals surface area contributed by atoms with Crippen molar-refractivity contribution in [1.29, 1.82) is 0 Å². The maximum absolute atomic E-state index is 10.8. The van der Waals surface area contributed by atoms with Crippen molar-refractivity contribution in [3.63, 3.8) is 0 Å². The topological polar surface area (TPSA) is 26.3 Å². The Kier molecular flexibility index (Phi) is 2.58. The summed E-state index contributed by atoms with van der Waals surface area (Å²) in [5, 5.41) is 0. The molecule has 0 saturated heterocycles. The van der Waals surface area contributed by atoms with Crippen LogP contribution in [0.3, 0.4) is 0 Å². The minimum atomic E-state index is -0.314. The molecule has 72 valence electrons. The number of alkyl halides is 1. The normalized spacial score (nSPS) is 30.4. The molecule has 0 aromatic heterocycles. The molecule has 0 aliphatic heterocycles. The van der Waals surface area contributed by atoms with E-state index in [4.69, 9.17) is 16.3 Å². The van der Waals surface area contributed by atoms with Crippen molar-refractivity contribution in [1.82, 2.24) is 0 Å². The van der Waals surface area contributed by atoms with Gasteiger partial charge in [0.15, 0.2) is 0 Å². The first kappa shape index (κ1) is 9.07. The Labute approximate surface area is 82.9 Å². The molecule has 2 aliphatic rings. The molecule has 2 nitrogen and oxygen atoms in total. The van der Waals surface area contributed by atoms with Gasteiger partial charge in [0.05, 0.1) is 0 Å². The number of fused-ring (bicyclic) bond motifs is 2. The molecule has 2 aliphatic carbocycles. The van der Waals surface area contributed by atoms with Crippen molar-refractivity contribution in [3.8, 4) is 0 Å². The van der Waals surface area contributed by atoms with Crippen LogP contribution in [0.4, 0.5) is 0 Å². The number of carbonyl (C=O) groups is 1. The monoisotopic (exact) mass is 200 g/mol. The number of rotatable bonds is 3. The van der Waals surface area contributed by atoms with Gasteiger partial charge >= 0.3 is 5.97 Å². The summed E-state index contributed by atoms with van der Waals surface area (Å²) in [5.41, 5.74) is 1.31. The zero-order chi connectivity index (χ0) is 9.26. The van der Waals surface area contributed by atoms with E-state index in [-0.39, 0.29) is 11.8 Å². The molecule has 0 heterocycles. The van der Waals surface area contributed by atoms with Crippen LogP contribution in [0, 0.1) is 11.8 Å². The first-order valence-corrected chi connectivity index (χ1v) is 5.25. The van der Waals surface area contributed by atoms with Gasteiger partial charge in [-0.15, -0.1) is 11.6 Å². The van der Waals surface area contributed by atoms with E-state index < -0.39 is 0 Å². The third-order valence-electron chi connectivity index (χ3n) is 2.96. The van der Waals surface area contributed by atoms with Crippen LogP contribution in [0.15, 0.2) is 11.6 Å². The van der Waals surface area contributed by atoms with E-state index in [1.54, 1.807) is 0 Å². The molecule has 2 atom stereocenters. The van der Waals surface area contributed by atoms with Gasteiger partial charge in [-0.25, -0.2) is 0 Å². The summed E-state index contributed by atoms with van der Waals surface area (Å²) >= 11 is 5.32. The van der Waals surface area contributed by atoms with Gasteiger partial charge in [0, 0.05) is 0 Å². The number of esters is 1. The number of hydrogen-bond acceptors (Lipinski definition) is 2. The Morgan fingerprint density at radius 3 is 3.00 bits per heavy atom. The van der Waals surface area contributed by atoms with E-state index in [2.05, 4.69) is 6.08 Å². The van der Waals surface area contributed by atoms with Crippen LogP contribution in [0.2, 0.25) is 0 Å². The third-order valence-corrected chi connectivity index (χ3v) is 3.17. The quantitative estimate of drug-likeness (QED) is 0.396. The molecule has 0 aromatic carbocycles. The lowest BCUT2D eigenvalue weighted by Gasteiger charge is -2.12. The van der Waals surface area contributed by atoms with Gasteiger partial charge in [-0.1, -0.05) is 6.08 Å². The van der Waals surface area contributed by atoms with Gasteiger partial charge in [-0.05, 0) is 36.7 Å². The third kappa shape index (κ3) is 1.88. The summed E-state index contributed by atoms with van der Waals surface area (Å²) in [7, 11) is 0. The van der Waals surface area contributed by atoms with Gasteiger partial charge < -0.3 is 4.74 Å². The summed E-state index contributed by atoms with van der Waals surface area (Å²) in [4.78, 5) is 10.8. The number of hydrogen-bond donors (Lipinski definition) is 0. The van der Waals surface area contributed by atoms with Crippen molar-refractivity contribution in [3.05, 3.63) is 11.6 Å². The van der Waals surface area contributed by atoms with E-state index >= 15 is 0 Å². The van der Waals surface area contributed by atoms with Crippen LogP contribution >= 0.6 is 11.6 Å². The average Bonchev–Trinajstić information content (AvgIpc) is 2.74. The second kappa shape index (κ2) is 3.70. The van der Waals surface area contributed by atoms with Gasteiger partial charge in [0.1, 0.15) is 12.5 Å². The zero-order valence-electron chi connectivity index (χ0n) is 7.46. The minimum absolute atomic E-state index is 0.0403. The second-order valence-corrected chi connectivity index (χ2v) is 4.07. The molecule has 2 bridgehead atoms. The Hall–Kier alpha value is -0.500. The van der Waals surface area contributed by atoms with E-state index in [1.165, 1.54) is 24.8 Å². The predicted molar refractivity (Wildman–Crippen MR) is 50.6 cm³/mol. The highest BCUT2D eigenvalue weighted by molar-refractivity contribution is 6.26. The van der Waals surface area contributed by atoms with Crippen molar-refractivity contribution >= 4 is 17.6 Å². The van der Waals surface area contributed by atoms with Crippen LogP contribution in [0.25, 0.3) is 0 Å². The fraction of sp³-hybridized carbons (Fsp3) is 0.700. The molecule has 13 heavy (non-hydrogen) atoms. The maximum atomic E-state index is 10.8. The van der Waals surface area contributed by atoms with Crippen molar-refractivity contribution < 1.29 is 9.53 Å². The van der Waals surface area contributed by atoms with Crippen LogP contribution in [0.5, 0.6) is 0 Å². The Bertz CT molecular complexity index is 247. The van der Waals surface area contributed by atoms with Crippen LogP contribution in [0.1, 0.15) is 19.3 Å². The molecular weight excluding hydrogens is 188 g/mol. The van der Waals surface area contributed by atoms with Crippen molar-refractivity contribution in [2.45, 2.75) is 19.3 Å². The van der Waals surface area contributed by atoms with E-state index in [0.29, 0.717) is 12.5 Å². The Morgan fingerprint density at radius 1 is 1.62 bits per heavy atom. The van der Waals surface area contributed by atoms with Gasteiger partial charge in [0.2, 0.25) is 0 Å². The number of halogens is 1. The van der Waals surface area contributed by atoms with Gasteiger partial charge in [-0.2, -0.15) is 0 Å². The highest BCUT2D eigenvalue weighted by Gasteiger charge is 2.32. The van der Waals surface area contributed by atoms with Crippen LogP contribution in [-0.2, 0) is 9.53 Å². The lowest BCUT2D eigenvalue weighted by Crippen LogP contribution is -2.11. The first-order valence-electron chi connectivity index (χ1n) is 4.71. The average molecular weight is 201 g/mol. The molecule has 2 rings (SSSR count). The van der Waals surface area contributed by atoms with Gasteiger partial charge in [-0.3, -0.25) is 4.79 Å². The molecule has 2 unspecified atom stereocenters. The largest absolute Gasteiger partial charge is 0.460 e. The molecule has 1 fully saturated rings. The SMILES string of the molecule is O=C(CCl)OCC1=CC2CCC1C2. The highest BCUT2D eigenvalue weighted by Crippen LogP contribution is 2.43. The summed E-state index contributed by atoms with van der Waals surface area (Å²) in [6.07, 6.45) is 6.13. The number of carbonyl (C=O) groups excluding carboxylic acids is 1. The Morgan fingerprint density at radius 2 is 2.46 bits per heavy atom. The first-order chi connectivity index (χ1) is 6.29. The fourth-order valence-corrected chi connectivity index (χ4v) is 2.39. The van der Waals surface area contributed by atoms with Crippen molar-refractivity contribution in [2.75, 3.05) is 12.5 Å². The Balaban J connectivity index is 1.83. The van der Waals surface area contributed by atoms with Crippen LogP contribution in [-0.4, -0.2) is 18.5 Å².